The summed E-state index contributed by atoms with van der Waals surface area (Å²) in [4.78, 5) is 31.5. The zero-order chi connectivity index (χ0) is 18.5. The Hall–Kier alpha value is -2.64. The highest BCUT2D eigenvalue weighted by Crippen LogP contribution is 2.33. The SMILES string of the molecule is Cc1nc(NC(=O)C(=O)Nc2ccccc2Sc2ccccc2)sc1C. The molecule has 0 unspecified atom stereocenters. The monoisotopic (exact) mass is 383 g/mol. The molecule has 0 fully saturated rings. The van der Waals surface area contributed by atoms with E-state index in [0.717, 1.165) is 20.4 Å². The molecular formula is C19H17N3O2S2. The quantitative estimate of drug-likeness (QED) is 0.651. The van der Waals surface area contributed by atoms with E-state index in [1.807, 2.05) is 62.4 Å². The van der Waals surface area contributed by atoms with Crippen LogP contribution in [0.3, 0.4) is 0 Å². The standard InChI is InChI=1S/C19H17N3O2S2/c1-12-13(2)25-19(20-12)22-18(24)17(23)21-15-10-6-7-11-16(15)26-14-8-4-3-5-9-14/h3-11H,1-2H3,(H,21,23)(H,20,22,24). The maximum Gasteiger partial charge on any atom is 0.315 e. The maximum atomic E-state index is 12.3. The normalized spacial score (nSPS) is 10.4. The van der Waals surface area contributed by atoms with E-state index in [1.54, 1.807) is 6.07 Å². The number of hydrogen-bond acceptors (Lipinski definition) is 5. The van der Waals surface area contributed by atoms with Crippen LogP contribution in [0.25, 0.3) is 0 Å². The molecule has 0 atom stereocenters. The van der Waals surface area contributed by atoms with Gasteiger partial charge in [0.1, 0.15) is 0 Å². The van der Waals surface area contributed by atoms with Crippen LogP contribution in [-0.2, 0) is 9.59 Å². The van der Waals surface area contributed by atoms with Gasteiger partial charge in [-0.05, 0) is 38.1 Å². The largest absolute Gasteiger partial charge is 0.317 e. The molecule has 1 aromatic heterocycles. The summed E-state index contributed by atoms with van der Waals surface area (Å²) in [5.41, 5.74) is 1.43. The van der Waals surface area contributed by atoms with Crippen LogP contribution < -0.4 is 10.6 Å². The van der Waals surface area contributed by atoms with Gasteiger partial charge in [0.15, 0.2) is 5.13 Å². The molecule has 5 nitrogen and oxygen atoms in total. The minimum atomic E-state index is -0.738. The minimum absolute atomic E-state index is 0.423. The second-order valence-electron chi connectivity index (χ2n) is 5.48. The van der Waals surface area contributed by atoms with E-state index in [1.165, 1.54) is 23.1 Å². The molecule has 0 aliphatic rings. The van der Waals surface area contributed by atoms with Crippen LogP contribution in [0, 0.1) is 13.8 Å². The van der Waals surface area contributed by atoms with E-state index in [9.17, 15) is 9.59 Å². The Kier molecular flexibility index (Phi) is 5.70. The van der Waals surface area contributed by atoms with Crippen molar-refractivity contribution >= 4 is 45.7 Å². The number of anilines is 2. The van der Waals surface area contributed by atoms with Gasteiger partial charge in [-0.15, -0.1) is 11.3 Å². The van der Waals surface area contributed by atoms with Crippen LogP contribution in [0.4, 0.5) is 10.8 Å². The van der Waals surface area contributed by atoms with E-state index < -0.39 is 11.8 Å². The number of nitrogens with one attached hydrogen (secondary N) is 2. The molecule has 26 heavy (non-hydrogen) atoms. The van der Waals surface area contributed by atoms with Crippen molar-refractivity contribution in [1.29, 1.82) is 0 Å². The van der Waals surface area contributed by atoms with Gasteiger partial charge in [-0.3, -0.25) is 14.9 Å². The van der Waals surface area contributed by atoms with Crippen molar-refractivity contribution in [3.05, 3.63) is 65.2 Å². The van der Waals surface area contributed by atoms with Gasteiger partial charge in [-0.2, -0.15) is 0 Å². The fourth-order valence-electron chi connectivity index (χ4n) is 2.13. The lowest BCUT2D eigenvalue weighted by Gasteiger charge is -2.10. The number of thiazole rings is 1. The first-order valence-corrected chi connectivity index (χ1v) is 9.54. The maximum absolute atomic E-state index is 12.3. The molecule has 0 aliphatic heterocycles. The van der Waals surface area contributed by atoms with Gasteiger partial charge in [0.2, 0.25) is 0 Å². The van der Waals surface area contributed by atoms with Gasteiger partial charge in [0, 0.05) is 14.7 Å². The summed E-state index contributed by atoms with van der Waals surface area (Å²) in [5.74, 6) is -1.46. The van der Waals surface area contributed by atoms with Gasteiger partial charge < -0.3 is 5.32 Å². The third kappa shape index (κ3) is 4.50. The van der Waals surface area contributed by atoms with Gasteiger partial charge >= 0.3 is 11.8 Å². The zero-order valence-corrected chi connectivity index (χ0v) is 15.9. The molecule has 2 aromatic carbocycles. The molecule has 0 saturated heterocycles. The number of carbonyl (C=O) groups excluding carboxylic acids is 2. The lowest BCUT2D eigenvalue weighted by atomic mass is 10.3. The summed E-state index contributed by atoms with van der Waals surface area (Å²) in [6, 6.07) is 17.2. The van der Waals surface area contributed by atoms with Gasteiger partial charge in [0.05, 0.1) is 11.4 Å². The fourth-order valence-corrected chi connectivity index (χ4v) is 3.87. The number of para-hydroxylation sites is 1. The lowest BCUT2D eigenvalue weighted by molar-refractivity contribution is -0.133. The van der Waals surface area contributed by atoms with Crippen LogP contribution in [-0.4, -0.2) is 16.8 Å². The van der Waals surface area contributed by atoms with Crippen molar-refractivity contribution in [3.8, 4) is 0 Å². The topological polar surface area (TPSA) is 71.1 Å². The lowest BCUT2D eigenvalue weighted by Crippen LogP contribution is -2.29. The Morgan fingerprint density at radius 1 is 0.923 bits per heavy atom. The number of benzene rings is 2. The molecule has 7 heteroatoms. The van der Waals surface area contributed by atoms with E-state index in [4.69, 9.17) is 0 Å². The van der Waals surface area contributed by atoms with Gasteiger partial charge in [-0.25, -0.2) is 4.98 Å². The molecule has 1 heterocycles. The van der Waals surface area contributed by atoms with E-state index >= 15 is 0 Å². The number of aryl methyl sites for hydroxylation is 2. The smallest absolute Gasteiger partial charge is 0.315 e. The number of carbonyl (C=O) groups is 2. The second-order valence-corrected chi connectivity index (χ2v) is 7.80. The average molecular weight is 383 g/mol. The summed E-state index contributed by atoms with van der Waals surface area (Å²) in [6.45, 7) is 3.78. The molecule has 2 N–H and O–H groups in total. The van der Waals surface area contributed by atoms with Crippen LogP contribution in [0.2, 0.25) is 0 Å². The van der Waals surface area contributed by atoms with Crippen molar-refractivity contribution in [2.45, 2.75) is 23.6 Å². The summed E-state index contributed by atoms with van der Waals surface area (Å²) >= 11 is 2.86. The zero-order valence-electron chi connectivity index (χ0n) is 14.3. The predicted octanol–water partition coefficient (Wildman–Crippen LogP) is 4.49. The molecule has 3 aromatic rings. The molecule has 0 aliphatic carbocycles. The van der Waals surface area contributed by atoms with Crippen LogP contribution in [0.15, 0.2) is 64.4 Å². The molecule has 3 rings (SSSR count). The summed E-state index contributed by atoms with van der Waals surface area (Å²) in [5, 5.41) is 5.64. The first-order valence-electron chi connectivity index (χ1n) is 7.91. The number of nitrogens with zero attached hydrogens (tertiary/aromatic N) is 1. The molecule has 132 valence electrons. The number of rotatable bonds is 4. The van der Waals surface area contributed by atoms with Crippen LogP contribution >= 0.6 is 23.1 Å². The molecule has 2 amide bonds. The van der Waals surface area contributed by atoms with Crippen molar-refractivity contribution in [3.63, 3.8) is 0 Å². The summed E-state index contributed by atoms with van der Waals surface area (Å²) in [6.07, 6.45) is 0. The van der Waals surface area contributed by atoms with Gasteiger partial charge in [-0.1, -0.05) is 42.1 Å². The molecule has 0 bridgehead atoms. The van der Waals surface area contributed by atoms with Crippen molar-refractivity contribution < 1.29 is 9.59 Å². The average Bonchev–Trinajstić information content (AvgIpc) is 2.95. The van der Waals surface area contributed by atoms with E-state index in [-0.39, 0.29) is 0 Å². The van der Waals surface area contributed by atoms with Crippen molar-refractivity contribution in [1.82, 2.24) is 4.98 Å². The first-order chi connectivity index (χ1) is 12.5. The minimum Gasteiger partial charge on any atom is -0.317 e. The van der Waals surface area contributed by atoms with Gasteiger partial charge in [0.25, 0.3) is 0 Å². The Morgan fingerprint density at radius 3 is 2.27 bits per heavy atom. The fraction of sp³-hybridized carbons (Fsp3) is 0.105. The number of aromatic nitrogens is 1. The summed E-state index contributed by atoms with van der Waals surface area (Å²) in [7, 11) is 0. The summed E-state index contributed by atoms with van der Waals surface area (Å²) < 4.78 is 0. The highest BCUT2D eigenvalue weighted by molar-refractivity contribution is 7.99. The molecule has 0 radical (unpaired) electrons. The predicted molar refractivity (Wildman–Crippen MR) is 106 cm³/mol. The Labute approximate surface area is 159 Å². The Morgan fingerprint density at radius 2 is 1.58 bits per heavy atom. The Bertz CT molecular complexity index is 919. The number of amides is 2. The third-order valence-electron chi connectivity index (χ3n) is 3.56. The van der Waals surface area contributed by atoms with Crippen molar-refractivity contribution in [2.24, 2.45) is 0 Å². The third-order valence-corrected chi connectivity index (χ3v) is 5.63. The Balaban J connectivity index is 1.70. The highest BCUT2D eigenvalue weighted by Gasteiger charge is 2.17. The van der Waals surface area contributed by atoms with E-state index in [0.29, 0.717) is 10.8 Å². The van der Waals surface area contributed by atoms with Crippen LogP contribution in [0.5, 0.6) is 0 Å². The van der Waals surface area contributed by atoms with Crippen molar-refractivity contribution in [2.75, 3.05) is 10.6 Å². The van der Waals surface area contributed by atoms with Crippen LogP contribution in [0.1, 0.15) is 10.6 Å². The number of hydrogen-bond donors (Lipinski definition) is 2. The highest BCUT2D eigenvalue weighted by atomic mass is 32.2. The first kappa shape index (κ1) is 18.2. The second kappa shape index (κ2) is 8.16. The van der Waals surface area contributed by atoms with E-state index in [2.05, 4.69) is 15.6 Å². The molecular weight excluding hydrogens is 366 g/mol. The molecule has 0 saturated carbocycles. The molecule has 0 spiro atoms.